The summed E-state index contributed by atoms with van der Waals surface area (Å²) in [6.45, 7) is 2.52. The number of methoxy groups -OCH3 is 1. The number of ether oxygens (including phenoxy) is 1. The molecule has 1 aliphatic heterocycles. The average Bonchev–Trinajstić information content (AvgIpc) is 2.94. The van der Waals surface area contributed by atoms with Crippen LogP contribution in [0.3, 0.4) is 0 Å². The molecule has 0 radical (unpaired) electrons. The maximum atomic E-state index is 14.3. The molecular weight excluding hydrogens is 330 g/mol. The number of likely N-dealkylation sites (tertiary alicyclic amines) is 1. The number of benzene rings is 1. The van der Waals surface area contributed by atoms with Crippen LogP contribution in [0.4, 0.5) is 8.78 Å². The summed E-state index contributed by atoms with van der Waals surface area (Å²) in [5.41, 5.74) is 0.0737. The van der Waals surface area contributed by atoms with E-state index < -0.39 is 35.6 Å². The Labute approximate surface area is 146 Å². The van der Waals surface area contributed by atoms with Crippen molar-refractivity contribution < 1.29 is 23.1 Å². The van der Waals surface area contributed by atoms with Crippen molar-refractivity contribution in [3.05, 3.63) is 35.4 Å². The minimum atomic E-state index is -0.990. The molecule has 2 rings (SSSR count). The smallest absolute Gasteiger partial charge is 0.323 e. The number of hydrogen-bond acceptors (Lipinski definition) is 4. The zero-order valence-corrected chi connectivity index (χ0v) is 14.7. The van der Waals surface area contributed by atoms with Gasteiger partial charge in [0.15, 0.2) is 11.6 Å². The van der Waals surface area contributed by atoms with Gasteiger partial charge >= 0.3 is 5.97 Å². The minimum absolute atomic E-state index is 0.0737. The second-order valence-electron chi connectivity index (χ2n) is 6.28. The van der Waals surface area contributed by atoms with Crippen LogP contribution in [0.25, 0.3) is 0 Å². The molecule has 1 aliphatic rings. The fourth-order valence-electron chi connectivity index (χ4n) is 3.37. The molecule has 138 valence electrons. The Kier molecular flexibility index (Phi) is 6.47. The van der Waals surface area contributed by atoms with E-state index in [1.54, 1.807) is 11.9 Å². The number of nitrogens with one attached hydrogen (secondary N) is 1. The zero-order chi connectivity index (χ0) is 18.6. The van der Waals surface area contributed by atoms with Gasteiger partial charge in [-0.2, -0.15) is 0 Å². The topological polar surface area (TPSA) is 58.6 Å². The average molecular weight is 354 g/mol. The van der Waals surface area contributed by atoms with Crippen molar-refractivity contribution in [1.82, 2.24) is 10.2 Å². The Hall–Kier alpha value is -2.02. The molecule has 1 saturated heterocycles. The number of rotatable bonds is 6. The van der Waals surface area contributed by atoms with Crippen molar-refractivity contribution >= 4 is 11.9 Å². The van der Waals surface area contributed by atoms with Gasteiger partial charge in [0, 0.05) is 18.2 Å². The first-order valence-corrected chi connectivity index (χ1v) is 8.43. The molecule has 0 spiro atoms. The lowest BCUT2D eigenvalue weighted by Crippen LogP contribution is -2.37. The summed E-state index contributed by atoms with van der Waals surface area (Å²) in [7, 11) is 2.89. The Bertz CT molecular complexity index is 639. The van der Waals surface area contributed by atoms with Crippen molar-refractivity contribution in [2.45, 2.75) is 38.3 Å². The highest BCUT2D eigenvalue weighted by Gasteiger charge is 2.47. The van der Waals surface area contributed by atoms with Gasteiger partial charge in [-0.25, -0.2) is 8.78 Å². The van der Waals surface area contributed by atoms with Gasteiger partial charge in [0.05, 0.1) is 13.0 Å². The van der Waals surface area contributed by atoms with Crippen molar-refractivity contribution in [2.75, 3.05) is 20.7 Å². The fourth-order valence-corrected chi connectivity index (χ4v) is 3.37. The molecule has 1 amide bonds. The number of amides is 1. The van der Waals surface area contributed by atoms with E-state index in [1.165, 1.54) is 19.2 Å². The predicted octanol–water partition coefficient (Wildman–Crippen LogP) is 2.42. The molecule has 1 heterocycles. The molecule has 5 nitrogen and oxygen atoms in total. The number of hydrogen-bond donors (Lipinski definition) is 1. The van der Waals surface area contributed by atoms with E-state index in [4.69, 9.17) is 4.74 Å². The normalized spacial score (nSPS) is 23.5. The van der Waals surface area contributed by atoms with Crippen molar-refractivity contribution in [2.24, 2.45) is 5.92 Å². The van der Waals surface area contributed by atoms with Crippen LogP contribution in [0.1, 0.15) is 37.8 Å². The monoisotopic (exact) mass is 354 g/mol. The van der Waals surface area contributed by atoms with Crippen LogP contribution in [0.5, 0.6) is 0 Å². The third kappa shape index (κ3) is 3.98. The lowest BCUT2D eigenvalue weighted by molar-refractivity contribution is -0.145. The summed E-state index contributed by atoms with van der Waals surface area (Å²) < 4.78 is 32.8. The number of halogens is 2. The highest BCUT2D eigenvalue weighted by molar-refractivity contribution is 5.83. The summed E-state index contributed by atoms with van der Waals surface area (Å²) >= 11 is 0. The van der Waals surface area contributed by atoms with Crippen molar-refractivity contribution in [3.63, 3.8) is 0 Å². The molecule has 1 fully saturated rings. The Morgan fingerprint density at radius 2 is 2.08 bits per heavy atom. The summed E-state index contributed by atoms with van der Waals surface area (Å²) in [5, 5.41) is 2.82. The Morgan fingerprint density at radius 3 is 2.72 bits per heavy atom. The number of nitrogens with zero attached hydrogens (tertiary/aromatic N) is 1. The van der Waals surface area contributed by atoms with E-state index >= 15 is 0 Å². The lowest BCUT2D eigenvalue weighted by Gasteiger charge is -2.27. The zero-order valence-electron chi connectivity index (χ0n) is 14.7. The second-order valence-corrected chi connectivity index (χ2v) is 6.28. The quantitative estimate of drug-likeness (QED) is 0.630. The molecule has 0 bridgehead atoms. The van der Waals surface area contributed by atoms with Gasteiger partial charge in [-0.15, -0.1) is 0 Å². The van der Waals surface area contributed by atoms with Gasteiger partial charge in [-0.1, -0.05) is 25.5 Å². The number of esters is 1. The van der Waals surface area contributed by atoms with E-state index in [0.717, 1.165) is 18.9 Å². The van der Waals surface area contributed by atoms with E-state index in [-0.39, 0.29) is 17.9 Å². The lowest BCUT2D eigenvalue weighted by atomic mass is 9.91. The van der Waals surface area contributed by atoms with Gasteiger partial charge in [-0.05, 0) is 26.0 Å². The van der Waals surface area contributed by atoms with Crippen LogP contribution >= 0.6 is 0 Å². The van der Waals surface area contributed by atoms with E-state index in [0.29, 0.717) is 6.54 Å². The van der Waals surface area contributed by atoms with Crippen LogP contribution in [-0.4, -0.2) is 43.5 Å². The van der Waals surface area contributed by atoms with Crippen molar-refractivity contribution in [3.8, 4) is 0 Å². The van der Waals surface area contributed by atoms with Gasteiger partial charge in [0.1, 0.15) is 6.04 Å². The molecule has 0 saturated carbocycles. The molecule has 1 aromatic carbocycles. The van der Waals surface area contributed by atoms with Crippen LogP contribution in [0.2, 0.25) is 0 Å². The van der Waals surface area contributed by atoms with Crippen LogP contribution in [0, 0.1) is 17.6 Å². The number of likely N-dealkylation sites (N-methyl/N-ethyl adjacent to an activating group) is 1. The van der Waals surface area contributed by atoms with Gasteiger partial charge < -0.3 is 10.1 Å². The molecule has 0 aliphatic carbocycles. The van der Waals surface area contributed by atoms with Crippen LogP contribution in [-0.2, 0) is 14.3 Å². The molecule has 3 atom stereocenters. The Morgan fingerprint density at radius 1 is 1.36 bits per heavy atom. The van der Waals surface area contributed by atoms with E-state index in [9.17, 15) is 18.4 Å². The largest absolute Gasteiger partial charge is 0.468 e. The Balaban J connectivity index is 2.34. The maximum absolute atomic E-state index is 14.3. The number of carbonyl (C=O) groups is 2. The van der Waals surface area contributed by atoms with Crippen molar-refractivity contribution in [1.29, 1.82) is 0 Å². The standard InChI is InChI=1S/C18H24F2N2O3/c1-4-5-9-21-17(23)12-10-14(18(24)25-3)22(2)16(12)11-7-6-8-13(19)15(11)20/h6-8,12,14,16H,4-5,9-10H2,1-3H3,(H,21,23)/t12-,14-,16-/m0/s1. The van der Waals surface area contributed by atoms with E-state index in [2.05, 4.69) is 5.32 Å². The number of unbranched alkanes of at least 4 members (excludes halogenated alkanes) is 1. The molecule has 1 N–H and O–H groups in total. The predicted molar refractivity (Wildman–Crippen MR) is 88.7 cm³/mol. The second kappa shape index (κ2) is 8.38. The van der Waals surface area contributed by atoms with Gasteiger partial charge in [0.2, 0.25) is 5.91 Å². The third-order valence-electron chi connectivity index (χ3n) is 4.73. The molecule has 0 unspecified atom stereocenters. The minimum Gasteiger partial charge on any atom is -0.468 e. The summed E-state index contributed by atoms with van der Waals surface area (Å²) in [5.74, 6) is -3.38. The molecule has 0 aromatic heterocycles. The first-order valence-electron chi connectivity index (χ1n) is 8.43. The molecule has 25 heavy (non-hydrogen) atoms. The highest BCUT2D eigenvalue weighted by atomic mass is 19.2. The molecular formula is C18H24F2N2O3. The highest BCUT2D eigenvalue weighted by Crippen LogP contribution is 2.41. The third-order valence-corrected chi connectivity index (χ3v) is 4.73. The first-order chi connectivity index (χ1) is 11.9. The summed E-state index contributed by atoms with van der Waals surface area (Å²) in [4.78, 5) is 26.2. The summed E-state index contributed by atoms with van der Waals surface area (Å²) in [6, 6.07) is 2.47. The van der Waals surface area contributed by atoms with Crippen LogP contribution in [0.15, 0.2) is 18.2 Å². The van der Waals surface area contributed by atoms with Gasteiger partial charge in [-0.3, -0.25) is 14.5 Å². The fraction of sp³-hybridized carbons (Fsp3) is 0.556. The first kappa shape index (κ1) is 19.3. The van der Waals surface area contributed by atoms with Gasteiger partial charge in [0.25, 0.3) is 0 Å². The molecule has 1 aromatic rings. The number of carbonyl (C=O) groups excluding carboxylic acids is 2. The van der Waals surface area contributed by atoms with Crippen LogP contribution < -0.4 is 5.32 Å². The summed E-state index contributed by atoms with van der Waals surface area (Å²) in [6.07, 6.45) is 1.95. The molecule has 7 heteroatoms. The van der Waals surface area contributed by atoms with E-state index in [1.807, 2.05) is 6.92 Å². The maximum Gasteiger partial charge on any atom is 0.323 e. The SMILES string of the molecule is CCCCNC(=O)[C@H]1C[C@@H](C(=O)OC)N(C)[C@H]1c1cccc(F)c1F.